The lowest BCUT2D eigenvalue weighted by atomic mass is 9.84. The number of ketones is 1. The Morgan fingerprint density at radius 1 is 0.927 bits per heavy atom. The van der Waals surface area contributed by atoms with E-state index in [1.165, 1.54) is 0 Å². The normalized spacial score (nSPS) is 16.9. The Morgan fingerprint density at radius 3 is 2.37 bits per heavy atom. The highest BCUT2D eigenvalue weighted by Crippen LogP contribution is 2.48. The summed E-state index contributed by atoms with van der Waals surface area (Å²) in [6.07, 6.45) is 1.60. The number of carbonyl (C=O) groups is 2. The summed E-state index contributed by atoms with van der Waals surface area (Å²) in [6.45, 7) is 4.59. The van der Waals surface area contributed by atoms with Crippen LogP contribution in [0.3, 0.4) is 0 Å². The van der Waals surface area contributed by atoms with Gasteiger partial charge < -0.3 is 23.5 Å². The summed E-state index contributed by atoms with van der Waals surface area (Å²) in [6, 6.07) is 17.8. The SMILES string of the molecule is COc1ccc(/C=C2/Oc3c(ccc4c3[C@H](c3cc5cc(OC)ccc5n(CC(C)C)c3=O)CC(=O)O4)C2=O)cc1. The fourth-order valence-electron chi connectivity index (χ4n) is 5.53. The molecule has 0 saturated heterocycles. The first kappa shape index (κ1) is 26.4. The van der Waals surface area contributed by atoms with Gasteiger partial charge in [0.25, 0.3) is 5.56 Å². The minimum absolute atomic E-state index is 0.0646. The van der Waals surface area contributed by atoms with E-state index in [1.54, 1.807) is 49.1 Å². The Labute approximate surface area is 236 Å². The molecular formula is C33H29NO7. The highest BCUT2D eigenvalue weighted by molar-refractivity contribution is 6.15. The van der Waals surface area contributed by atoms with Crippen molar-refractivity contribution in [2.75, 3.05) is 14.2 Å². The fourth-order valence-corrected chi connectivity index (χ4v) is 5.53. The second kappa shape index (κ2) is 10.3. The molecule has 41 heavy (non-hydrogen) atoms. The predicted octanol–water partition coefficient (Wildman–Crippen LogP) is 5.73. The van der Waals surface area contributed by atoms with E-state index in [0.717, 1.165) is 16.5 Å². The van der Waals surface area contributed by atoms with Crippen molar-refractivity contribution in [3.05, 3.63) is 99.0 Å². The smallest absolute Gasteiger partial charge is 0.312 e. The maximum absolute atomic E-state index is 14.1. The zero-order valence-electron chi connectivity index (χ0n) is 23.2. The summed E-state index contributed by atoms with van der Waals surface area (Å²) in [5.41, 5.74) is 2.65. The minimum Gasteiger partial charge on any atom is -0.497 e. The summed E-state index contributed by atoms with van der Waals surface area (Å²) in [7, 11) is 3.18. The van der Waals surface area contributed by atoms with Crippen molar-refractivity contribution < 1.29 is 28.5 Å². The topological polar surface area (TPSA) is 93.1 Å². The van der Waals surface area contributed by atoms with Gasteiger partial charge in [0.15, 0.2) is 5.76 Å². The fraction of sp³-hybridized carbons (Fsp3) is 0.242. The second-order valence-corrected chi connectivity index (χ2v) is 10.6. The molecule has 4 aromatic rings. The number of rotatable bonds is 6. The van der Waals surface area contributed by atoms with E-state index >= 15 is 0 Å². The van der Waals surface area contributed by atoms with Crippen LogP contribution in [-0.4, -0.2) is 30.5 Å². The molecule has 8 nitrogen and oxygen atoms in total. The molecule has 0 saturated carbocycles. The third-order valence-electron chi connectivity index (χ3n) is 7.44. The molecule has 0 spiro atoms. The van der Waals surface area contributed by atoms with Crippen LogP contribution in [0.1, 0.15) is 53.2 Å². The number of carbonyl (C=O) groups excluding carboxylic acids is 2. The molecule has 6 rings (SSSR count). The van der Waals surface area contributed by atoms with Crippen molar-refractivity contribution in [2.24, 2.45) is 5.92 Å². The van der Waals surface area contributed by atoms with E-state index in [9.17, 15) is 14.4 Å². The first-order valence-corrected chi connectivity index (χ1v) is 13.4. The average Bonchev–Trinajstić information content (AvgIpc) is 3.28. The Morgan fingerprint density at radius 2 is 1.66 bits per heavy atom. The first-order chi connectivity index (χ1) is 19.8. The quantitative estimate of drug-likeness (QED) is 0.172. The lowest BCUT2D eigenvalue weighted by Crippen LogP contribution is -2.31. The standard InChI is InChI=1S/C33H29NO7/c1-18(2)17-34-26-11-9-22(39-4)14-20(26)15-25(33(34)37)24-16-29(35)40-27-12-10-23-31(36)28(41-32(23)30(24)27)13-19-5-7-21(38-3)8-6-19/h5-15,18,24H,16-17H2,1-4H3/b28-13+/t24-/m0/s1. The van der Waals surface area contributed by atoms with Crippen LogP contribution >= 0.6 is 0 Å². The van der Waals surface area contributed by atoms with Crippen molar-refractivity contribution in [3.8, 4) is 23.0 Å². The van der Waals surface area contributed by atoms with Crippen LogP contribution in [0.5, 0.6) is 23.0 Å². The maximum Gasteiger partial charge on any atom is 0.312 e. The van der Waals surface area contributed by atoms with E-state index < -0.39 is 11.9 Å². The van der Waals surface area contributed by atoms with Gasteiger partial charge in [0, 0.05) is 29.0 Å². The van der Waals surface area contributed by atoms with Gasteiger partial charge in [-0.1, -0.05) is 26.0 Å². The number of allylic oxidation sites excluding steroid dienone is 1. The summed E-state index contributed by atoms with van der Waals surface area (Å²) in [5.74, 6) is 0.886. The molecule has 2 aliphatic rings. The molecular weight excluding hydrogens is 522 g/mol. The zero-order valence-corrected chi connectivity index (χ0v) is 23.2. The zero-order chi connectivity index (χ0) is 28.8. The Bertz CT molecular complexity index is 1800. The van der Waals surface area contributed by atoms with Gasteiger partial charge in [-0.2, -0.15) is 0 Å². The largest absolute Gasteiger partial charge is 0.497 e. The highest BCUT2D eigenvalue weighted by Gasteiger charge is 2.39. The molecule has 3 aromatic carbocycles. The number of ether oxygens (including phenoxy) is 4. The Hall–Kier alpha value is -4.85. The van der Waals surface area contributed by atoms with Crippen LogP contribution in [0.25, 0.3) is 17.0 Å². The molecule has 0 bridgehead atoms. The van der Waals surface area contributed by atoms with Gasteiger partial charge in [0.05, 0.1) is 31.7 Å². The van der Waals surface area contributed by atoms with Crippen molar-refractivity contribution in [3.63, 3.8) is 0 Å². The third kappa shape index (κ3) is 4.65. The summed E-state index contributed by atoms with van der Waals surface area (Å²) in [5, 5.41) is 0.810. The van der Waals surface area contributed by atoms with Gasteiger partial charge in [-0.05, 0) is 66.1 Å². The minimum atomic E-state index is -0.671. The Kier molecular flexibility index (Phi) is 6.61. The van der Waals surface area contributed by atoms with Gasteiger partial charge >= 0.3 is 5.97 Å². The van der Waals surface area contributed by atoms with Gasteiger partial charge in [-0.25, -0.2) is 0 Å². The highest BCUT2D eigenvalue weighted by atomic mass is 16.5. The predicted molar refractivity (Wildman–Crippen MR) is 154 cm³/mol. The van der Waals surface area contributed by atoms with Crippen molar-refractivity contribution in [2.45, 2.75) is 32.7 Å². The monoisotopic (exact) mass is 551 g/mol. The molecule has 8 heteroatoms. The molecule has 0 fully saturated rings. The third-order valence-corrected chi connectivity index (χ3v) is 7.44. The van der Waals surface area contributed by atoms with Crippen LogP contribution in [0.4, 0.5) is 0 Å². The Balaban J connectivity index is 1.51. The number of pyridine rings is 1. The van der Waals surface area contributed by atoms with Crippen LogP contribution in [-0.2, 0) is 11.3 Å². The molecule has 1 atom stereocenters. The van der Waals surface area contributed by atoms with Gasteiger partial charge in [-0.3, -0.25) is 14.4 Å². The molecule has 208 valence electrons. The van der Waals surface area contributed by atoms with E-state index in [2.05, 4.69) is 0 Å². The lowest BCUT2D eigenvalue weighted by Gasteiger charge is -2.27. The number of hydrogen-bond donors (Lipinski definition) is 0. The molecule has 2 aliphatic heterocycles. The maximum atomic E-state index is 14.1. The van der Waals surface area contributed by atoms with Crippen LogP contribution < -0.4 is 24.5 Å². The molecule has 0 unspecified atom stereocenters. The lowest BCUT2D eigenvalue weighted by molar-refractivity contribution is -0.135. The van der Waals surface area contributed by atoms with Crippen molar-refractivity contribution in [1.29, 1.82) is 0 Å². The number of aromatic nitrogens is 1. The first-order valence-electron chi connectivity index (χ1n) is 13.4. The number of esters is 1. The van der Waals surface area contributed by atoms with E-state index in [1.807, 2.05) is 50.2 Å². The molecule has 3 heterocycles. The van der Waals surface area contributed by atoms with E-state index in [4.69, 9.17) is 18.9 Å². The number of methoxy groups -OCH3 is 2. The van der Waals surface area contributed by atoms with E-state index in [-0.39, 0.29) is 35.2 Å². The van der Waals surface area contributed by atoms with Crippen molar-refractivity contribution >= 4 is 28.7 Å². The van der Waals surface area contributed by atoms with Gasteiger partial charge in [0.2, 0.25) is 5.78 Å². The number of Topliss-reactive ketones (excluding diaryl/α,β-unsaturated/α-hetero) is 1. The molecule has 0 amide bonds. The molecule has 1 aromatic heterocycles. The average molecular weight is 552 g/mol. The second-order valence-electron chi connectivity index (χ2n) is 10.6. The number of hydrogen-bond acceptors (Lipinski definition) is 7. The van der Waals surface area contributed by atoms with Crippen LogP contribution in [0.2, 0.25) is 0 Å². The number of nitrogens with zero attached hydrogens (tertiary/aromatic N) is 1. The van der Waals surface area contributed by atoms with Crippen molar-refractivity contribution in [1.82, 2.24) is 4.57 Å². The van der Waals surface area contributed by atoms with Gasteiger partial charge in [-0.15, -0.1) is 0 Å². The molecule has 0 N–H and O–H groups in total. The summed E-state index contributed by atoms with van der Waals surface area (Å²) < 4.78 is 24.2. The summed E-state index contributed by atoms with van der Waals surface area (Å²) in [4.78, 5) is 40.3. The number of benzene rings is 3. The van der Waals surface area contributed by atoms with Gasteiger partial charge in [0.1, 0.15) is 23.0 Å². The summed E-state index contributed by atoms with van der Waals surface area (Å²) >= 11 is 0. The molecule has 0 aliphatic carbocycles. The van der Waals surface area contributed by atoms with Crippen LogP contribution in [0, 0.1) is 5.92 Å². The van der Waals surface area contributed by atoms with E-state index in [0.29, 0.717) is 40.5 Å². The number of fused-ring (bicyclic) bond motifs is 4. The molecule has 0 radical (unpaired) electrons. The van der Waals surface area contributed by atoms with Crippen LogP contribution in [0.15, 0.2) is 71.2 Å².